The van der Waals surface area contributed by atoms with E-state index in [2.05, 4.69) is 165 Å². The normalized spacial score (nSPS) is 11.0. The zero-order valence-corrected chi connectivity index (χ0v) is 23.5. The fourth-order valence-corrected chi connectivity index (χ4v) is 5.47. The second-order valence-electron chi connectivity index (χ2n) is 10.3. The van der Waals surface area contributed by atoms with E-state index in [0.29, 0.717) is 0 Å². The summed E-state index contributed by atoms with van der Waals surface area (Å²) < 4.78 is 0. The molecule has 1 heterocycles. The number of hydrogen-bond acceptors (Lipinski definition) is 3. The van der Waals surface area contributed by atoms with Crippen molar-refractivity contribution in [2.45, 2.75) is 27.7 Å². The Balaban J connectivity index is 1.70. The summed E-state index contributed by atoms with van der Waals surface area (Å²) in [6.45, 7) is 8.68. The number of fused-ring (bicyclic) bond motifs is 1. The van der Waals surface area contributed by atoms with Crippen molar-refractivity contribution in [3.05, 3.63) is 150 Å². The van der Waals surface area contributed by atoms with Gasteiger partial charge in [-0.3, -0.25) is 4.90 Å². The lowest BCUT2D eigenvalue weighted by atomic mass is 10.0. The Morgan fingerprint density at radius 1 is 0.400 bits per heavy atom. The van der Waals surface area contributed by atoms with Crippen molar-refractivity contribution in [3.63, 3.8) is 0 Å². The number of benzene rings is 5. The molecule has 196 valence electrons. The van der Waals surface area contributed by atoms with Gasteiger partial charge < -0.3 is 4.90 Å². The van der Waals surface area contributed by atoms with Gasteiger partial charge >= 0.3 is 0 Å². The van der Waals surface area contributed by atoms with Crippen LogP contribution < -0.4 is 9.80 Å². The van der Waals surface area contributed by atoms with Crippen LogP contribution in [0.25, 0.3) is 10.9 Å². The lowest BCUT2D eigenvalue weighted by molar-refractivity contribution is 1.16. The second-order valence-corrected chi connectivity index (χ2v) is 10.3. The Labute approximate surface area is 237 Å². The third-order valence-corrected chi connectivity index (χ3v) is 7.58. The van der Waals surface area contributed by atoms with E-state index in [9.17, 15) is 0 Å². The van der Waals surface area contributed by atoms with Crippen LogP contribution in [0.2, 0.25) is 0 Å². The van der Waals surface area contributed by atoms with Gasteiger partial charge in [0.05, 0.1) is 22.6 Å². The minimum Gasteiger partial charge on any atom is -0.309 e. The summed E-state index contributed by atoms with van der Waals surface area (Å²) in [6.07, 6.45) is 0. The van der Waals surface area contributed by atoms with E-state index < -0.39 is 0 Å². The minimum absolute atomic E-state index is 0.879. The molecule has 0 aliphatic carbocycles. The average Bonchev–Trinajstić information content (AvgIpc) is 2.97. The van der Waals surface area contributed by atoms with E-state index in [1.54, 1.807) is 0 Å². The summed E-state index contributed by atoms with van der Waals surface area (Å²) in [5.41, 5.74) is 11.4. The average molecular weight is 520 g/mol. The maximum atomic E-state index is 5.29. The summed E-state index contributed by atoms with van der Waals surface area (Å²) in [5, 5.41) is 1.10. The predicted octanol–water partition coefficient (Wildman–Crippen LogP) is 10.4. The van der Waals surface area contributed by atoms with Crippen molar-refractivity contribution in [3.8, 4) is 0 Å². The van der Waals surface area contributed by atoms with Crippen LogP contribution in [0.1, 0.15) is 22.3 Å². The fourth-order valence-electron chi connectivity index (χ4n) is 5.47. The molecule has 6 rings (SSSR count). The number of hydrogen-bond donors (Lipinski definition) is 0. The molecule has 0 radical (unpaired) electrons. The molecule has 0 saturated carbocycles. The van der Waals surface area contributed by atoms with Crippen LogP contribution in [0.5, 0.6) is 0 Å². The summed E-state index contributed by atoms with van der Waals surface area (Å²) in [7, 11) is 0. The Morgan fingerprint density at radius 3 is 1.23 bits per heavy atom. The Morgan fingerprint density at radius 2 is 0.775 bits per heavy atom. The van der Waals surface area contributed by atoms with E-state index >= 15 is 0 Å². The number of pyridine rings is 1. The first kappa shape index (κ1) is 25.4. The second kappa shape index (κ2) is 10.7. The topological polar surface area (TPSA) is 19.4 Å². The molecule has 0 aliphatic rings. The first-order chi connectivity index (χ1) is 19.5. The molecule has 3 heteroatoms. The highest BCUT2D eigenvalue weighted by atomic mass is 15.2. The van der Waals surface area contributed by atoms with E-state index in [1.807, 2.05) is 0 Å². The minimum atomic E-state index is 0.879. The molecule has 6 aromatic rings. The molecule has 0 atom stereocenters. The van der Waals surface area contributed by atoms with Crippen molar-refractivity contribution < 1.29 is 0 Å². The lowest BCUT2D eigenvalue weighted by Gasteiger charge is -2.32. The van der Waals surface area contributed by atoms with Gasteiger partial charge in [-0.25, -0.2) is 4.98 Å². The molecule has 0 amide bonds. The zero-order valence-electron chi connectivity index (χ0n) is 23.5. The van der Waals surface area contributed by atoms with Crippen molar-refractivity contribution in [1.29, 1.82) is 0 Å². The first-order valence-electron chi connectivity index (χ1n) is 13.8. The quantitative estimate of drug-likeness (QED) is 0.218. The number of aromatic nitrogens is 1. The predicted molar refractivity (Wildman–Crippen MR) is 170 cm³/mol. The smallest absolute Gasteiger partial charge is 0.140 e. The van der Waals surface area contributed by atoms with Gasteiger partial charge in [0.25, 0.3) is 0 Å². The van der Waals surface area contributed by atoms with E-state index in [-0.39, 0.29) is 0 Å². The largest absolute Gasteiger partial charge is 0.309 e. The molecule has 0 saturated heterocycles. The summed E-state index contributed by atoms with van der Waals surface area (Å²) in [5.74, 6) is 0.879. The maximum absolute atomic E-state index is 5.29. The van der Waals surface area contributed by atoms with Gasteiger partial charge in [-0.2, -0.15) is 0 Å². The Bertz CT molecular complexity index is 1730. The van der Waals surface area contributed by atoms with Gasteiger partial charge in [0, 0.05) is 22.8 Å². The van der Waals surface area contributed by atoms with E-state index in [0.717, 1.165) is 45.2 Å². The van der Waals surface area contributed by atoms with E-state index in [4.69, 9.17) is 4.98 Å². The molecule has 0 aliphatic heterocycles. The van der Waals surface area contributed by atoms with Crippen LogP contribution in [0.3, 0.4) is 0 Å². The molecule has 5 aromatic carbocycles. The van der Waals surface area contributed by atoms with Crippen LogP contribution in [-0.2, 0) is 0 Å². The standard InChI is InChI=1S/C37H33N3/c1-26-15-5-11-21-32(26)39(33-22-12-6-16-27(33)2)36-25-37(38-31-20-10-9-19-30(31)36)40(34-23-13-7-17-28(34)3)35-24-14-8-18-29(35)4/h5-25H,1-4H3. The molecular weight excluding hydrogens is 486 g/mol. The number of para-hydroxylation sites is 5. The van der Waals surface area contributed by atoms with E-state index in [1.165, 1.54) is 22.3 Å². The fraction of sp³-hybridized carbons (Fsp3) is 0.108. The van der Waals surface area contributed by atoms with Crippen LogP contribution in [0.15, 0.2) is 127 Å². The van der Waals surface area contributed by atoms with Crippen LogP contribution in [-0.4, -0.2) is 4.98 Å². The molecule has 0 spiro atoms. The Hall–Kier alpha value is -4.89. The highest BCUT2D eigenvalue weighted by Crippen LogP contribution is 2.45. The number of anilines is 6. The first-order valence-corrected chi connectivity index (χ1v) is 13.8. The highest BCUT2D eigenvalue weighted by Gasteiger charge is 2.23. The maximum Gasteiger partial charge on any atom is 0.140 e. The lowest BCUT2D eigenvalue weighted by Crippen LogP contribution is -2.17. The third kappa shape index (κ3) is 4.60. The van der Waals surface area contributed by atoms with Crippen LogP contribution in [0, 0.1) is 27.7 Å². The summed E-state index contributed by atoms with van der Waals surface area (Å²) in [4.78, 5) is 9.98. The molecular formula is C37H33N3. The van der Waals surface area contributed by atoms with Gasteiger partial charge in [0.15, 0.2) is 0 Å². The highest BCUT2D eigenvalue weighted by molar-refractivity contribution is 6.00. The van der Waals surface area contributed by atoms with Crippen LogP contribution in [0.4, 0.5) is 34.3 Å². The molecule has 3 nitrogen and oxygen atoms in total. The van der Waals surface area contributed by atoms with Crippen molar-refractivity contribution >= 4 is 45.2 Å². The summed E-state index contributed by atoms with van der Waals surface area (Å²) >= 11 is 0. The molecule has 0 bridgehead atoms. The molecule has 0 N–H and O–H groups in total. The summed E-state index contributed by atoms with van der Waals surface area (Å²) in [6, 6.07) is 45.0. The molecule has 40 heavy (non-hydrogen) atoms. The van der Waals surface area contributed by atoms with Gasteiger partial charge in [0.1, 0.15) is 5.82 Å². The SMILES string of the molecule is Cc1ccccc1N(c1cc(N(c2ccccc2C)c2ccccc2C)c2ccccc2n1)c1ccccc1C. The Kier molecular flexibility index (Phi) is 6.79. The molecule has 1 aromatic heterocycles. The van der Waals surface area contributed by atoms with Gasteiger partial charge in [-0.15, -0.1) is 0 Å². The van der Waals surface area contributed by atoms with Gasteiger partial charge in [-0.05, 0) is 80.3 Å². The van der Waals surface area contributed by atoms with Crippen LogP contribution >= 0.6 is 0 Å². The monoisotopic (exact) mass is 519 g/mol. The van der Waals surface area contributed by atoms with Crippen molar-refractivity contribution in [2.24, 2.45) is 0 Å². The van der Waals surface area contributed by atoms with Gasteiger partial charge in [0.2, 0.25) is 0 Å². The molecule has 0 unspecified atom stereocenters. The van der Waals surface area contributed by atoms with Crippen molar-refractivity contribution in [2.75, 3.05) is 9.80 Å². The van der Waals surface area contributed by atoms with Crippen molar-refractivity contribution in [1.82, 2.24) is 4.98 Å². The number of aryl methyl sites for hydroxylation is 4. The molecule has 0 fully saturated rings. The van der Waals surface area contributed by atoms with Gasteiger partial charge in [-0.1, -0.05) is 91.0 Å². The third-order valence-electron chi connectivity index (χ3n) is 7.58. The number of nitrogens with zero attached hydrogens (tertiary/aromatic N) is 3. The zero-order chi connectivity index (χ0) is 27.6. The number of rotatable bonds is 6.